The van der Waals surface area contributed by atoms with Gasteiger partial charge >= 0.3 is 12.1 Å². The summed E-state index contributed by atoms with van der Waals surface area (Å²) in [5.74, 6) is -0.478. The predicted octanol–water partition coefficient (Wildman–Crippen LogP) is 1.43. The van der Waals surface area contributed by atoms with Gasteiger partial charge in [-0.2, -0.15) is 0 Å². The van der Waals surface area contributed by atoms with Crippen LogP contribution in [0.25, 0.3) is 0 Å². The molecule has 6 heteroatoms. The summed E-state index contributed by atoms with van der Waals surface area (Å²) in [6.07, 6.45) is -0.193. The van der Waals surface area contributed by atoms with Gasteiger partial charge in [0.25, 0.3) is 0 Å². The number of methoxy groups -OCH3 is 1. The highest BCUT2D eigenvalue weighted by molar-refractivity contribution is 6.12. The number of esters is 1. The first-order chi connectivity index (χ1) is 7.67. The Labute approximate surface area is 105 Å². The first-order valence-electron chi connectivity index (χ1n) is 5.15. The lowest BCUT2D eigenvalue weighted by atomic mass is 10.2. The summed E-state index contributed by atoms with van der Waals surface area (Å²) in [5, 5.41) is 0. The van der Waals surface area contributed by atoms with Crippen molar-refractivity contribution < 1.29 is 19.1 Å². The molecule has 95 valence electrons. The van der Waals surface area contributed by atoms with E-state index in [-0.39, 0.29) is 6.54 Å². The monoisotopic (exact) mass is 256 g/mol. The zero-order chi connectivity index (χ0) is 13.6. The largest absolute Gasteiger partial charge is 0.466 e. The van der Waals surface area contributed by atoms with Gasteiger partial charge in [-0.25, -0.2) is 9.59 Å². The maximum absolute atomic E-state index is 11.5. The van der Waals surface area contributed by atoms with Crippen LogP contribution in [-0.2, 0) is 14.3 Å². The van der Waals surface area contributed by atoms with Crippen LogP contribution in [0.1, 0.15) is 27.2 Å². The molecule has 5 nitrogen and oxygen atoms in total. The molecule has 17 heavy (non-hydrogen) atoms. The summed E-state index contributed by atoms with van der Waals surface area (Å²) in [6, 6.07) is 0. The van der Waals surface area contributed by atoms with Gasteiger partial charge in [-0.1, -0.05) is 6.58 Å². The van der Waals surface area contributed by atoms with Crippen molar-refractivity contribution in [1.82, 2.24) is 4.57 Å². The molecule has 0 heterocycles. The maximum atomic E-state index is 11.5. The molecule has 0 spiro atoms. The number of amides is 1. The average Bonchev–Trinajstić information content (AvgIpc) is 2.21. The molecule has 1 amide bonds. The summed E-state index contributed by atoms with van der Waals surface area (Å²) in [5.41, 5.74) is -0.249. The minimum Gasteiger partial charge on any atom is -0.466 e. The van der Waals surface area contributed by atoms with Crippen LogP contribution in [0.4, 0.5) is 4.79 Å². The van der Waals surface area contributed by atoms with Crippen molar-refractivity contribution in [3.8, 4) is 0 Å². The highest BCUT2D eigenvalue weighted by Crippen LogP contribution is 2.10. The van der Waals surface area contributed by atoms with E-state index in [9.17, 15) is 9.59 Å². The second-order valence-corrected chi connectivity index (χ2v) is 5.02. The van der Waals surface area contributed by atoms with E-state index >= 15 is 0 Å². The zero-order valence-corrected chi connectivity index (χ0v) is 11.7. The Morgan fingerprint density at radius 1 is 1.35 bits per heavy atom. The minimum absolute atomic E-state index is 0.278. The molecule has 0 aliphatic carbocycles. The topological polar surface area (TPSA) is 55.8 Å². The number of carbonyl (C=O) groups is 2. The molecule has 0 fully saturated rings. The highest BCUT2D eigenvalue weighted by atomic mass is 28.2. The Morgan fingerprint density at radius 2 is 1.88 bits per heavy atom. The Kier molecular flexibility index (Phi) is 5.94. The Morgan fingerprint density at radius 3 is 2.29 bits per heavy atom. The van der Waals surface area contributed by atoms with E-state index in [4.69, 9.17) is 4.74 Å². The molecule has 0 aliphatic rings. The SMILES string of the molecule is C=C(CCN([Si])C(=O)OC(C)(C)C)C(=O)OC. The third-order valence-corrected chi connectivity index (χ3v) is 2.13. The van der Waals surface area contributed by atoms with Crippen LogP contribution < -0.4 is 0 Å². The first kappa shape index (κ1) is 15.7. The standard InChI is InChI=1S/C11H18NO4Si/c1-8(9(13)15-5)6-7-12(17)10(14)16-11(2,3)4/h1,6-7H2,2-5H3. The van der Waals surface area contributed by atoms with Gasteiger partial charge in [-0.05, 0) is 27.2 Å². The van der Waals surface area contributed by atoms with Gasteiger partial charge in [-0.15, -0.1) is 0 Å². The first-order valence-corrected chi connectivity index (χ1v) is 5.60. The van der Waals surface area contributed by atoms with Crippen LogP contribution >= 0.6 is 0 Å². The van der Waals surface area contributed by atoms with Crippen LogP contribution in [0.5, 0.6) is 0 Å². The third-order valence-electron chi connectivity index (χ3n) is 1.73. The summed E-state index contributed by atoms with van der Waals surface area (Å²) >= 11 is 0. The lowest BCUT2D eigenvalue weighted by Gasteiger charge is -2.24. The van der Waals surface area contributed by atoms with E-state index in [1.54, 1.807) is 20.8 Å². The Bertz CT molecular complexity index is 309. The lowest BCUT2D eigenvalue weighted by molar-refractivity contribution is -0.136. The highest BCUT2D eigenvalue weighted by Gasteiger charge is 2.19. The van der Waals surface area contributed by atoms with E-state index in [2.05, 4.69) is 21.7 Å². The normalized spacial score (nSPS) is 10.6. The van der Waals surface area contributed by atoms with Gasteiger partial charge in [-0.3, -0.25) is 0 Å². The fraction of sp³-hybridized carbons (Fsp3) is 0.636. The summed E-state index contributed by atoms with van der Waals surface area (Å²) in [4.78, 5) is 22.6. The number of rotatable bonds is 4. The molecule has 0 rings (SSSR count). The van der Waals surface area contributed by atoms with Gasteiger partial charge in [0.05, 0.1) is 7.11 Å². The summed E-state index contributed by atoms with van der Waals surface area (Å²) in [6.45, 7) is 9.16. The van der Waals surface area contributed by atoms with Crippen LogP contribution in [0.3, 0.4) is 0 Å². The van der Waals surface area contributed by atoms with E-state index in [0.717, 1.165) is 0 Å². The van der Waals surface area contributed by atoms with Crippen molar-refractivity contribution >= 4 is 22.5 Å². The lowest BCUT2D eigenvalue weighted by Crippen LogP contribution is -2.36. The van der Waals surface area contributed by atoms with Crippen LogP contribution in [0.2, 0.25) is 0 Å². The molecule has 0 aliphatic heterocycles. The molecule has 0 N–H and O–H groups in total. The Hall–Kier alpha value is -1.30. The van der Waals surface area contributed by atoms with Crippen molar-refractivity contribution in [1.29, 1.82) is 0 Å². The fourth-order valence-electron chi connectivity index (χ4n) is 0.901. The molecular formula is C11H18NO4Si. The van der Waals surface area contributed by atoms with Crippen LogP contribution in [0.15, 0.2) is 12.2 Å². The van der Waals surface area contributed by atoms with Gasteiger partial charge in [0, 0.05) is 12.1 Å². The molecule has 3 radical (unpaired) electrons. The molecule has 0 unspecified atom stereocenters. The van der Waals surface area contributed by atoms with Crippen molar-refractivity contribution in [3.63, 3.8) is 0 Å². The van der Waals surface area contributed by atoms with Gasteiger partial charge in [0.15, 0.2) is 10.4 Å². The smallest absolute Gasteiger partial charge is 0.401 e. The van der Waals surface area contributed by atoms with Gasteiger partial charge < -0.3 is 14.0 Å². The fourth-order valence-corrected chi connectivity index (χ4v) is 1.06. The number of ether oxygens (including phenoxy) is 2. The molecule has 0 atom stereocenters. The van der Waals surface area contributed by atoms with E-state index in [1.165, 1.54) is 11.7 Å². The maximum Gasteiger partial charge on any atom is 0.401 e. The molecule has 0 bridgehead atoms. The second-order valence-electron chi connectivity index (χ2n) is 4.48. The third kappa shape index (κ3) is 6.78. The summed E-state index contributed by atoms with van der Waals surface area (Å²) in [7, 11) is 4.40. The average molecular weight is 256 g/mol. The van der Waals surface area contributed by atoms with E-state index in [0.29, 0.717) is 12.0 Å². The number of carbonyl (C=O) groups excluding carboxylic acids is 2. The second kappa shape index (κ2) is 6.44. The van der Waals surface area contributed by atoms with Crippen molar-refractivity contribution in [2.75, 3.05) is 13.7 Å². The number of hydrogen-bond donors (Lipinski definition) is 0. The van der Waals surface area contributed by atoms with Crippen LogP contribution in [0, 0.1) is 0 Å². The molecule has 0 saturated carbocycles. The summed E-state index contributed by atoms with van der Waals surface area (Å²) < 4.78 is 10.8. The van der Waals surface area contributed by atoms with Crippen LogP contribution in [-0.4, -0.2) is 46.3 Å². The predicted molar refractivity (Wildman–Crippen MR) is 64.5 cm³/mol. The molecule has 0 aromatic heterocycles. The molecule has 0 aromatic rings. The van der Waals surface area contributed by atoms with Crippen molar-refractivity contribution in [2.45, 2.75) is 32.8 Å². The van der Waals surface area contributed by atoms with Gasteiger partial charge in [0.1, 0.15) is 5.60 Å². The number of hydrogen-bond acceptors (Lipinski definition) is 4. The van der Waals surface area contributed by atoms with Crippen molar-refractivity contribution in [2.24, 2.45) is 0 Å². The van der Waals surface area contributed by atoms with Gasteiger partial charge in [0.2, 0.25) is 0 Å². The van der Waals surface area contributed by atoms with Crippen molar-refractivity contribution in [3.05, 3.63) is 12.2 Å². The zero-order valence-electron chi connectivity index (χ0n) is 10.7. The molecule has 0 aromatic carbocycles. The number of nitrogens with zero attached hydrogens (tertiary/aromatic N) is 1. The quantitative estimate of drug-likeness (QED) is 0.434. The van der Waals surface area contributed by atoms with E-state index < -0.39 is 17.7 Å². The Balaban J connectivity index is 4.10. The molecule has 0 saturated heterocycles. The molecular weight excluding hydrogens is 238 g/mol. The van der Waals surface area contributed by atoms with E-state index in [1.807, 2.05) is 0 Å². The minimum atomic E-state index is -0.554.